The number of aryl methyl sites for hydroxylation is 1. The van der Waals surface area contributed by atoms with Crippen LogP contribution in [0.15, 0.2) is 48.5 Å². The number of carboxylic acid groups (broad SMARTS) is 1. The van der Waals surface area contributed by atoms with E-state index < -0.39 is 20.4 Å². The van der Waals surface area contributed by atoms with Gasteiger partial charge in [-0.15, -0.1) is 0 Å². The van der Waals surface area contributed by atoms with E-state index in [2.05, 4.69) is 4.52 Å². The molecule has 3 N–H and O–H groups in total. The highest BCUT2D eigenvalue weighted by atomic mass is 31.2. The number of carboxylic acids is 1. The summed E-state index contributed by atoms with van der Waals surface area (Å²) in [6.45, 7) is -0.485. The Kier molecular flexibility index (Phi) is 6.52. The number of hydrogen-bond acceptors (Lipinski definition) is 5. The number of carbonyl (C=O) groups is 2. The van der Waals surface area contributed by atoms with Crippen LogP contribution in [0.5, 0.6) is 11.5 Å². The van der Waals surface area contributed by atoms with Crippen molar-refractivity contribution < 1.29 is 38.3 Å². The van der Waals surface area contributed by atoms with Crippen LogP contribution in [-0.4, -0.2) is 33.3 Å². The molecular weight excluding hydrogens is 363 g/mol. The minimum absolute atomic E-state index is 0.0386. The fourth-order valence-corrected chi connectivity index (χ4v) is 2.56. The van der Waals surface area contributed by atoms with E-state index in [1.54, 1.807) is 30.3 Å². The summed E-state index contributed by atoms with van der Waals surface area (Å²) in [5.74, 6) is -0.900. The first-order valence-electron chi connectivity index (χ1n) is 7.55. The minimum atomic E-state index is -4.59. The molecule has 0 saturated heterocycles. The molecule has 0 aliphatic carbocycles. The number of Topliss-reactive ketones (excluding diaryl/α,β-unsaturated/α-hetero) is 1. The number of phosphoric acid groups is 1. The second-order valence-corrected chi connectivity index (χ2v) is 6.52. The van der Waals surface area contributed by atoms with Gasteiger partial charge in [-0.25, -0.2) is 9.36 Å². The normalized spacial score (nSPS) is 11.0. The first-order chi connectivity index (χ1) is 12.2. The van der Waals surface area contributed by atoms with Gasteiger partial charge in [0, 0.05) is 12.0 Å². The van der Waals surface area contributed by atoms with Crippen LogP contribution < -0.4 is 9.26 Å². The van der Waals surface area contributed by atoms with Crippen molar-refractivity contribution in [2.24, 2.45) is 0 Å². The number of hydrogen-bond donors (Lipinski definition) is 3. The number of rotatable bonds is 9. The Bertz CT molecular complexity index is 825. The van der Waals surface area contributed by atoms with Crippen molar-refractivity contribution in [2.75, 3.05) is 6.61 Å². The highest BCUT2D eigenvalue weighted by Crippen LogP contribution is 2.37. The molecule has 0 unspecified atom stereocenters. The summed E-state index contributed by atoms with van der Waals surface area (Å²) >= 11 is 0. The molecule has 0 spiro atoms. The van der Waals surface area contributed by atoms with E-state index in [4.69, 9.17) is 19.6 Å². The Labute approximate surface area is 149 Å². The lowest BCUT2D eigenvalue weighted by atomic mass is 10.0. The lowest BCUT2D eigenvalue weighted by Crippen LogP contribution is -2.10. The molecule has 0 aliphatic heterocycles. The molecular formula is C17H17O8P. The molecule has 0 radical (unpaired) electrons. The SMILES string of the molecule is O=C(O)COc1cccc(C(=O)CCc2ccc(OP(=O)(O)O)cc2)c1. The lowest BCUT2D eigenvalue weighted by Gasteiger charge is -2.08. The zero-order valence-corrected chi connectivity index (χ0v) is 14.5. The third-order valence-corrected chi connectivity index (χ3v) is 3.76. The monoisotopic (exact) mass is 380 g/mol. The summed E-state index contributed by atoms with van der Waals surface area (Å²) in [5.41, 5.74) is 1.21. The summed E-state index contributed by atoms with van der Waals surface area (Å²) in [5, 5.41) is 8.60. The van der Waals surface area contributed by atoms with E-state index in [9.17, 15) is 14.2 Å². The van der Waals surface area contributed by atoms with Crippen LogP contribution in [0.2, 0.25) is 0 Å². The Morgan fingerprint density at radius 1 is 1.00 bits per heavy atom. The van der Waals surface area contributed by atoms with E-state index in [0.717, 1.165) is 5.56 Å². The van der Waals surface area contributed by atoms with Crippen molar-refractivity contribution in [1.29, 1.82) is 0 Å². The van der Waals surface area contributed by atoms with Crippen molar-refractivity contribution in [3.05, 3.63) is 59.7 Å². The molecule has 26 heavy (non-hydrogen) atoms. The predicted molar refractivity (Wildman–Crippen MR) is 91.3 cm³/mol. The maximum Gasteiger partial charge on any atom is 0.524 e. The fraction of sp³-hybridized carbons (Fsp3) is 0.176. The lowest BCUT2D eigenvalue weighted by molar-refractivity contribution is -0.139. The summed E-state index contributed by atoms with van der Waals surface area (Å²) < 4.78 is 20.2. The highest BCUT2D eigenvalue weighted by Gasteiger charge is 2.15. The van der Waals surface area contributed by atoms with E-state index in [-0.39, 0.29) is 18.0 Å². The molecule has 0 aliphatic rings. The van der Waals surface area contributed by atoms with E-state index in [1.807, 2.05) is 0 Å². The van der Waals surface area contributed by atoms with Crippen LogP contribution in [0, 0.1) is 0 Å². The zero-order valence-electron chi connectivity index (χ0n) is 13.6. The largest absolute Gasteiger partial charge is 0.524 e. The minimum Gasteiger partial charge on any atom is -0.482 e. The van der Waals surface area contributed by atoms with Gasteiger partial charge in [0.05, 0.1) is 0 Å². The second kappa shape index (κ2) is 8.62. The quantitative estimate of drug-likeness (QED) is 0.447. The number of benzene rings is 2. The van der Waals surface area contributed by atoms with Gasteiger partial charge in [-0.2, -0.15) is 0 Å². The number of aliphatic carboxylic acids is 1. The molecule has 0 bridgehead atoms. The van der Waals surface area contributed by atoms with Crippen molar-refractivity contribution in [3.63, 3.8) is 0 Å². The average Bonchev–Trinajstić information content (AvgIpc) is 2.58. The van der Waals surface area contributed by atoms with Crippen LogP contribution in [0.4, 0.5) is 0 Å². The summed E-state index contributed by atoms with van der Waals surface area (Å²) in [6.07, 6.45) is 0.635. The van der Waals surface area contributed by atoms with Gasteiger partial charge in [0.25, 0.3) is 0 Å². The molecule has 8 nitrogen and oxygen atoms in total. The molecule has 138 valence electrons. The molecule has 9 heteroatoms. The third-order valence-electron chi connectivity index (χ3n) is 3.31. The Morgan fingerprint density at radius 3 is 2.31 bits per heavy atom. The standard InChI is InChI=1S/C17H17O8P/c18-16(13-2-1-3-15(10-13)24-11-17(19)20)9-6-12-4-7-14(8-5-12)25-26(21,22)23/h1-5,7-8,10H,6,9,11H2,(H,19,20)(H2,21,22,23). The molecule has 0 heterocycles. The number of carbonyl (C=O) groups excluding carboxylic acids is 1. The van der Waals surface area contributed by atoms with Crippen LogP contribution in [0.25, 0.3) is 0 Å². The molecule has 0 saturated carbocycles. The number of ketones is 1. The average molecular weight is 380 g/mol. The maximum absolute atomic E-state index is 12.3. The molecule has 2 aromatic rings. The summed E-state index contributed by atoms with van der Waals surface area (Å²) in [6, 6.07) is 12.3. The Hall–Kier alpha value is -2.67. The molecule has 0 fully saturated rings. The Balaban J connectivity index is 1.93. The van der Waals surface area contributed by atoms with Crippen LogP contribution in [-0.2, 0) is 15.8 Å². The molecule has 0 amide bonds. The molecule has 2 aromatic carbocycles. The van der Waals surface area contributed by atoms with Crippen LogP contribution >= 0.6 is 7.82 Å². The van der Waals surface area contributed by atoms with Crippen molar-refractivity contribution in [2.45, 2.75) is 12.8 Å². The van der Waals surface area contributed by atoms with E-state index >= 15 is 0 Å². The van der Waals surface area contributed by atoms with E-state index in [0.29, 0.717) is 17.7 Å². The van der Waals surface area contributed by atoms with Crippen LogP contribution in [0.1, 0.15) is 22.3 Å². The van der Waals surface area contributed by atoms with Gasteiger partial charge in [-0.05, 0) is 36.2 Å². The summed E-state index contributed by atoms with van der Waals surface area (Å²) in [7, 11) is -4.59. The number of phosphoric ester groups is 1. The van der Waals surface area contributed by atoms with Gasteiger partial charge < -0.3 is 14.4 Å². The van der Waals surface area contributed by atoms with Gasteiger partial charge in [-0.1, -0.05) is 24.3 Å². The maximum atomic E-state index is 12.3. The van der Waals surface area contributed by atoms with Crippen molar-refractivity contribution in [3.8, 4) is 11.5 Å². The molecule has 0 aromatic heterocycles. The molecule has 0 atom stereocenters. The first kappa shape index (κ1) is 19.7. The highest BCUT2D eigenvalue weighted by molar-refractivity contribution is 7.46. The third kappa shape index (κ3) is 6.68. The Morgan fingerprint density at radius 2 is 1.69 bits per heavy atom. The smallest absolute Gasteiger partial charge is 0.482 e. The van der Waals surface area contributed by atoms with E-state index in [1.165, 1.54) is 18.2 Å². The summed E-state index contributed by atoms with van der Waals surface area (Å²) in [4.78, 5) is 40.2. The van der Waals surface area contributed by atoms with Crippen LogP contribution in [0.3, 0.4) is 0 Å². The first-order valence-corrected chi connectivity index (χ1v) is 9.08. The predicted octanol–water partition coefficient (Wildman–Crippen LogP) is 2.44. The van der Waals surface area contributed by atoms with Gasteiger partial charge in [0.15, 0.2) is 12.4 Å². The van der Waals surface area contributed by atoms with Crippen molar-refractivity contribution >= 4 is 19.6 Å². The van der Waals surface area contributed by atoms with Gasteiger partial charge in [0.2, 0.25) is 0 Å². The topological polar surface area (TPSA) is 130 Å². The zero-order chi connectivity index (χ0) is 19.2. The van der Waals surface area contributed by atoms with Gasteiger partial charge in [-0.3, -0.25) is 14.6 Å². The fourth-order valence-electron chi connectivity index (χ4n) is 2.16. The number of ether oxygens (including phenoxy) is 1. The molecule has 2 rings (SSSR count). The van der Waals surface area contributed by atoms with Gasteiger partial charge in [0.1, 0.15) is 11.5 Å². The van der Waals surface area contributed by atoms with Gasteiger partial charge >= 0.3 is 13.8 Å². The second-order valence-electron chi connectivity index (χ2n) is 5.36. The van der Waals surface area contributed by atoms with Crippen molar-refractivity contribution in [1.82, 2.24) is 0 Å².